The molecule has 1 heterocycles. The molecule has 18 heavy (non-hydrogen) atoms. The van der Waals surface area contributed by atoms with Gasteiger partial charge in [-0.25, -0.2) is 4.39 Å². The largest absolute Gasteiger partial charge is 0.309 e. The van der Waals surface area contributed by atoms with E-state index in [-0.39, 0.29) is 11.9 Å². The molecule has 0 fully saturated rings. The van der Waals surface area contributed by atoms with Gasteiger partial charge in [0.1, 0.15) is 5.82 Å². The Bertz CT molecular complexity index is 568. The first-order valence-electron chi connectivity index (χ1n) is 5.41. The predicted octanol–water partition coefficient (Wildman–Crippen LogP) is 4.81. The molecule has 0 saturated heterocycles. The van der Waals surface area contributed by atoms with Gasteiger partial charge >= 0.3 is 0 Å². The summed E-state index contributed by atoms with van der Waals surface area (Å²) in [6.45, 7) is 1.86. The molecule has 1 unspecified atom stereocenters. The van der Waals surface area contributed by atoms with Gasteiger partial charge in [-0.15, -0.1) is 11.3 Å². The molecule has 1 aromatic heterocycles. The average Bonchev–Trinajstić information content (AvgIpc) is 2.62. The van der Waals surface area contributed by atoms with Crippen LogP contribution >= 0.6 is 34.5 Å². The van der Waals surface area contributed by atoms with Crippen molar-refractivity contribution in [2.75, 3.05) is 7.05 Å². The van der Waals surface area contributed by atoms with Crippen molar-refractivity contribution in [3.05, 3.63) is 55.4 Å². The molecule has 1 nitrogen and oxygen atoms in total. The summed E-state index contributed by atoms with van der Waals surface area (Å²) in [4.78, 5) is 0. The molecule has 1 N–H and O–H groups in total. The Kier molecular flexibility index (Phi) is 4.28. The Morgan fingerprint density at radius 3 is 2.44 bits per heavy atom. The average molecular weight is 304 g/mol. The van der Waals surface area contributed by atoms with E-state index >= 15 is 0 Å². The van der Waals surface area contributed by atoms with Gasteiger partial charge in [-0.3, -0.25) is 0 Å². The Labute approximate surface area is 120 Å². The molecule has 0 saturated carbocycles. The van der Waals surface area contributed by atoms with Crippen LogP contribution in [0.3, 0.4) is 0 Å². The van der Waals surface area contributed by atoms with Gasteiger partial charge in [0, 0.05) is 11.1 Å². The molecule has 0 spiro atoms. The second-order valence-corrected chi connectivity index (χ2v) is 6.31. The molecule has 1 atom stereocenters. The van der Waals surface area contributed by atoms with Crippen LogP contribution in [-0.4, -0.2) is 7.05 Å². The van der Waals surface area contributed by atoms with Gasteiger partial charge in [-0.05, 0) is 31.7 Å². The minimum absolute atomic E-state index is 0.243. The lowest BCUT2D eigenvalue weighted by Gasteiger charge is -2.17. The van der Waals surface area contributed by atoms with Crippen LogP contribution in [0.1, 0.15) is 22.7 Å². The molecule has 0 aliphatic rings. The Morgan fingerprint density at radius 1 is 1.22 bits per heavy atom. The van der Waals surface area contributed by atoms with E-state index in [0.29, 0.717) is 14.2 Å². The quantitative estimate of drug-likeness (QED) is 0.858. The fourth-order valence-corrected chi connectivity index (χ4v) is 3.43. The van der Waals surface area contributed by atoms with Crippen LogP contribution in [0, 0.1) is 12.7 Å². The van der Waals surface area contributed by atoms with Crippen molar-refractivity contribution in [3.8, 4) is 0 Å². The molecule has 2 aromatic rings. The van der Waals surface area contributed by atoms with Crippen molar-refractivity contribution in [2.24, 2.45) is 0 Å². The minimum Gasteiger partial charge on any atom is -0.309 e. The highest BCUT2D eigenvalue weighted by molar-refractivity contribution is 7.20. The van der Waals surface area contributed by atoms with Gasteiger partial charge in [-0.1, -0.05) is 35.3 Å². The van der Waals surface area contributed by atoms with Gasteiger partial charge in [0.25, 0.3) is 0 Å². The summed E-state index contributed by atoms with van der Waals surface area (Å²) in [5, 5.41) is 3.07. The van der Waals surface area contributed by atoms with Crippen LogP contribution in [0.4, 0.5) is 4.39 Å². The first-order chi connectivity index (χ1) is 8.52. The second-order valence-electron chi connectivity index (χ2n) is 4.03. The number of aryl methyl sites for hydroxylation is 1. The van der Waals surface area contributed by atoms with Crippen molar-refractivity contribution in [2.45, 2.75) is 13.0 Å². The molecule has 0 amide bonds. The van der Waals surface area contributed by atoms with Crippen LogP contribution in [-0.2, 0) is 0 Å². The van der Waals surface area contributed by atoms with E-state index in [1.807, 2.05) is 13.0 Å². The van der Waals surface area contributed by atoms with Crippen molar-refractivity contribution >= 4 is 34.5 Å². The molecule has 0 radical (unpaired) electrons. The zero-order valence-electron chi connectivity index (χ0n) is 9.93. The van der Waals surface area contributed by atoms with E-state index in [0.717, 1.165) is 11.1 Å². The fraction of sp³-hybridized carbons (Fsp3) is 0.231. The minimum atomic E-state index is -0.290. The third kappa shape index (κ3) is 2.69. The highest BCUT2D eigenvalue weighted by Crippen LogP contribution is 2.37. The van der Waals surface area contributed by atoms with Gasteiger partial charge in [0.05, 0.1) is 14.7 Å². The summed E-state index contributed by atoms with van der Waals surface area (Å²) in [5.41, 5.74) is 2.26. The number of benzene rings is 1. The summed E-state index contributed by atoms with van der Waals surface area (Å²) in [5.74, 6) is -0.243. The normalized spacial score (nSPS) is 12.7. The molecule has 1 aromatic carbocycles. The lowest BCUT2D eigenvalue weighted by Crippen LogP contribution is -2.18. The van der Waals surface area contributed by atoms with E-state index in [9.17, 15) is 4.39 Å². The molecule has 0 aliphatic carbocycles. The van der Waals surface area contributed by atoms with E-state index in [2.05, 4.69) is 5.32 Å². The second kappa shape index (κ2) is 5.57. The number of hydrogen-bond donors (Lipinski definition) is 1. The Balaban J connectivity index is 2.48. The molecular weight excluding hydrogens is 292 g/mol. The summed E-state index contributed by atoms with van der Waals surface area (Å²) >= 11 is 13.3. The van der Waals surface area contributed by atoms with Crippen LogP contribution in [0.25, 0.3) is 0 Å². The van der Waals surface area contributed by atoms with Crippen LogP contribution in [0.5, 0.6) is 0 Å². The number of nitrogens with one attached hydrogen (secondary N) is 1. The van der Waals surface area contributed by atoms with E-state index in [4.69, 9.17) is 23.2 Å². The standard InChI is InChI=1S/C13H12Cl2FNS/c1-7-3-4-8(10(16)5-7)12(17-2)9-6-11(14)18-13(9)15/h3-6,12,17H,1-2H3. The lowest BCUT2D eigenvalue weighted by atomic mass is 9.99. The van der Waals surface area contributed by atoms with Crippen molar-refractivity contribution in [1.29, 1.82) is 0 Å². The predicted molar refractivity (Wildman–Crippen MR) is 76.4 cm³/mol. The summed E-state index contributed by atoms with van der Waals surface area (Å²) in [6.07, 6.45) is 0. The van der Waals surface area contributed by atoms with E-state index in [1.165, 1.54) is 17.4 Å². The summed E-state index contributed by atoms with van der Waals surface area (Å²) in [7, 11) is 1.77. The first-order valence-corrected chi connectivity index (χ1v) is 6.98. The number of rotatable bonds is 3. The monoisotopic (exact) mass is 303 g/mol. The smallest absolute Gasteiger partial charge is 0.128 e. The number of hydrogen-bond acceptors (Lipinski definition) is 2. The van der Waals surface area contributed by atoms with Crippen LogP contribution in [0.2, 0.25) is 8.67 Å². The Morgan fingerprint density at radius 2 is 1.94 bits per heavy atom. The van der Waals surface area contributed by atoms with Gasteiger partial charge in [-0.2, -0.15) is 0 Å². The number of halogens is 3. The molecule has 2 rings (SSSR count). The zero-order valence-corrected chi connectivity index (χ0v) is 12.3. The van der Waals surface area contributed by atoms with Crippen LogP contribution in [0.15, 0.2) is 24.3 Å². The molecular formula is C13H12Cl2FNS. The molecule has 5 heteroatoms. The summed E-state index contributed by atoms with van der Waals surface area (Å²) < 4.78 is 15.2. The molecule has 0 aliphatic heterocycles. The SMILES string of the molecule is CNC(c1ccc(C)cc1F)c1cc(Cl)sc1Cl. The van der Waals surface area contributed by atoms with Gasteiger partial charge in [0.2, 0.25) is 0 Å². The third-order valence-corrected chi connectivity index (χ3v) is 4.27. The maximum absolute atomic E-state index is 14.0. The van der Waals surface area contributed by atoms with Crippen LogP contribution < -0.4 is 5.32 Å². The lowest BCUT2D eigenvalue weighted by molar-refractivity contribution is 0.576. The third-order valence-electron chi connectivity index (χ3n) is 2.75. The zero-order chi connectivity index (χ0) is 13.3. The van der Waals surface area contributed by atoms with E-state index < -0.39 is 0 Å². The highest BCUT2D eigenvalue weighted by Gasteiger charge is 2.20. The van der Waals surface area contributed by atoms with Gasteiger partial charge < -0.3 is 5.32 Å². The topological polar surface area (TPSA) is 12.0 Å². The first kappa shape index (κ1) is 13.8. The molecule has 96 valence electrons. The maximum Gasteiger partial charge on any atom is 0.128 e. The maximum atomic E-state index is 14.0. The van der Waals surface area contributed by atoms with Crippen molar-refractivity contribution in [1.82, 2.24) is 5.32 Å². The highest BCUT2D eigenvalue weighted by atomic mass is 35.5. The van der Waals surface area contributed by atoms with E-state index in [1.54, 1.807) is 19.2 Å². The summed E-state index contributed by atoms with van der Waals surface area (Å²) in [6, 6.07) is 6.65. The van der Waals surface area contributed by atoms with Gasteiger partial charge in [0.15, 0.2) is 0 Å². The van der Waals surface area contributed by atoms with Crippen molar-refractivity contribution < 1.29 is 4.39 Å². The fourth-order valence-electron chi connectivity index (χ4n) is 1.89. The van der Waals surface area contributed by atoms with Crippen molar-refractivity contribution in [3.63, 3.8) is 0 Å². The number of thiophene rings is 1. The Hall–Kier alpha value is -0.610. The molecule has 0 bridgehead atoms.